The van der Waals surface area contributed by atoms with Gasteiger partial charge in [-0.3, -0.25) is 0 Å². The molecule has 0 bridgehead atoms. The van der Waals surface area contributed by atoms with E-state index < -0.39 is 0 Å². The van der Waals surface area contributed by atoms with E-state index in [1.54, 1.807) is 13.2 Å². The minimum absolute atomic E-state index is 0.170. The zero-order chi connectivity index (χ0) is 14.0. The second-order valence-electron chi connectivity index (χ2n) is 4.25. The molecule has 1 atom stereocenters. The average Bonchev–Trinajstić information content (AvgIpc) is 2.40. The van der Waals surface area contributed by atoms with Gasteiger partial charge in [0.1, 0.15) is 11.6 Å². The van der Waals surface area contributed by atoms with Crippen molar-refractivity contribution < 1.29 is 9.13 Å². The Morgan fingerprint density at radius 3 is 2.58 bits per heavy atom. The Morgan fingerprint density at radius 2 is 1.89 bits per heavy atom. The first-order chi connectivity index (χ1) is 9.02. The van der Waals surface area contributed by atoms with Crippen LogP contribution < -0.4 is 4.74 Å². The van der Waals surface area contributed by atoms with E-state index in [1.165, 1.54) is 12.1 Å². The average molecular weight is 344 g/mol. The van der Waals surface area contributed by atoms with Crippen molar-refractivity contribution in [1.82, 2.24) is 0 Å². The fourth-order valence-electron chi connectivity index (χ4n) is 1.96. The van der Waals surface area contributed by atoms with Gasteiger partial charge in [0.25, 0.3) is 0 Å². The highest BCUT2D eigenvalue weighted by Crippen LogP contribution is 2.39. The summed E-state index contributed by atoms with van der Waals surface area (Å²) in [7, 11) is 1.57. The third-order valence-electron chi connectivity index (χ3n) is 2.98. The lowest BCUT2D eigenvalue weighted by Crippen LogP contribution is -2.00. The Bertz CT molecular complexity index is 601. The van der Waals surface area contributed by atoms with Gasteiger partial charge in [0.2, 0.25) is 0 Å². The summed E-state index contributed by atoms with van der Waals surface area (Å²) in [4.78, 5) is -0.170. The zero-order valence-electron chi connectivity index (χ0n) is 10.6. The van der Waals surface area contributed by atoms with Crippen LogP contribution in [0.2, 0.25) is 5.02 Å². The van der Waals surface area contributed by atoms with E-state index in [1.807, 2.05) is 25.1 Å². The quantitative estimate of drug-likeness (QED) is 0.689. The van der Waals surface area contributed by atoms with Crippen LogP contribution in [-0.2, 0) is 0 Å². The largest absolute Gasteiger partial charge is 0.496 e. The molecule has 0 aromatic heterocycles. The number of ether oxygens (including phenoxy) is 1. The Morgan fingerprint density at radius 1 is 1.16 bits per heavy atom. The number of hydrogen-bond acceptors (Lipinski definition) is 1. The third-order valence-corrected chi connectivity index (χ3v) is 4.20. The van der Waals surface area contributed by atoms with Gasteiger partial charge in [0.05, 0.1) is 11.9 Å². The van der Waals surface area contributed by atoms with Crippen LogP contribution >= 0.6 is 27.5 Å². The molecule has 0 heterocycles. The topological polar surface area (TPSA) is 9.23 Å². The molecule has 2 rings (SSSR count). The van der Waals surface area contributed by atoms with Gasteiger partial charge in [-0.05, 0) is 48.4 Å². The highest BCUT2D eigenvalue weighted by molar-refractivity contribution is 9.09. The van der Waals surface area contributed by atoms with Crippen molar-refractivity contribution >= 4 is 27.5 Å². The molecule has 19 heavy (non-hydrogen) atoms. The van der Waals surface area contributed by atoms with Gasteiger partial charge >= 0.3 is 0 Å². The number of rotatable bonds is 3. The normalized spacial score (nSPS) is 12.3. The first-order valence-electron chi connectivity index (χ1n) is 5.76. The number of hydrogen-bond donors (Lipinski definition) is 0. The first-order valence-corrected chi connectivity index (χ1v) is 7.06. The molecule has 0 fully saturated rings. The zero-order valence-corrected chi connectivity index (χ0v) is 12.9. The predicted molar refractivity (Wildman–Crippen MR) is 79.9 cm³/mol. The summed E-state index contributed by atoms with van der Waals surface area (Å²) in [6.07, 6.45) is 0. The van der Waals surface area contributed by atoms with Crippen molar-refractivity contribution in [3.05, 3.63) is 63.9 Å². The smallest absolute Gasteiger partial charge is 0.123 e. The number of aryl methyl sites for hydroxylation is 1. The fraction of sp³-hybridized carbons (Fsp3) is 0.200. The summed E-state index contributed by atoms with van der Waals surface area (Å²) in [5.41, 5.74) is 2.82. The highest BCUT2D eigenvalue weighted by Gasteiger charge is 2.18. The summed E-state index contributed by atoms with van der Waals surface area (Å²) in [5.74, 6) is 0.350. The molecule has 1 nitrogen and oxygen atoms in total. The van der Waals surface area contributed by atoms with Crippen LogP contribution in [-0.4, -0.2) is 7.11 Å². The molecule has 0 saturated carbocycles. The Kier molecular flexibility index (Phi) is 4.48. The van der Waals surface area contributed by atoms with E-state index in [0.717, 1.165) is 16.7 Å². The summed E-state index contributed by atoms with van der Waals surface area (Å²) in [6, 6.07) is 10.1. The van der Waals surface area contributed by atoms with Crippen LogP contribution in [0.5, 0.6) is 5.75 Å². The molecule has 0 spiro atoms. The van der Waals surface area contributed by atoms with Crippen LogP contribution in [0.4, 0.5) is 4.39 Å². The predicted octanol–water partition coefficient (Wildman–Crippen LogP) is 5.28. The Labute approximate surface area is 125 Å². The minimum Gasteiger partial charge on any atom is -0.496 e. The number of halogens is 3. The van der Waals surface area contributed by atoms with Crippen molar-refractivity contribution in [3.8, 4) is 5.75 Å². The van der Waals surface area contributed by atoms with Crippen LogP contribution in [0.3, 0.4) is 0 Å². The summed E-state index contributed by atoms with van der Waals surface area (Å²) < 4.78 is 18.7. The fourth-order valence-corrected chi connectivity index (χ4v) is 2.99. The van der Waals surface area contributed by atoms with Gasteiger partial charge in [-0.25, -0.2) is 4.39 Å². The molecule has 0 saturated heterocycles. The lowest BCUT2D eigenvalue weighted by Gasteiger charge is -2.17. The molecule has 0 aliphatic heterocycles. The first kappa shape index (κ1) is 14.4. The molecular weight excluding hydrogens is 331 g/mol. The molecule has 0 radical (unpaired) electrons. The monoisotopic (exact) mass is 342 g/mol. The van der Waals surface area contributed by atoms with Crippen molar-refractivity contribution in [2.45, 2.75) is 11.8 Å². The number of alkyl halides is 1. The van der Waals surface area contributed by atoms with Crippen LogP contribution in [0.1, 0.15) is 21.5 Å². The lowest BCUT2D eigenvalue weighted by atomic mass is 9.99. The molecule has 100 valence electrons. The summed E-state index contributed by atoms with van der Waals surface area (Å²) in [6.45, 7) is 1.99. The molecule has 4 heteroatoms. The van der Waals surface area contributed by atoms with E-state index in [9.17, 15) is 4.39 Å². The maximum absolute atomic E-state index is 13.4. The van der Waals surface area contributed by atoms with Crippen LogP contribution in [0.25, 0.3) is 0 Å². The SMILES string of the molecule is COc1ccc(F)cc1C(Br)c1cc(Cl)ccc1C. The standard InChI is InChI=1S/C15H13BrClFO/c1-9-3-4-10(17)7-12(9)15(16)13-8-11(18)5-6-14(13)19-2/h3-8,15H,1-2H3. The van der Waals surface area contributed by atoms with Crippen LogP contribution in [0.15, 0.2) is 36.4 Å². The highest BCUT2D eigenvalue weighted by atomic mass is 79.9. The number of benzene rings is 2. The van der Waals surface area contributed by atoms with Crippen molar-refractivity contribution in [2.24, 2.45) is 0 Å². The van der Waals surface area contributed by atoms with Crippen molar-refractivity contribution in [1.29, 1.82) is 0 Å². The maximum Gasteiger partial charge on any atom is 0.123 e. The molecular formula is C15H13BrClFO. The second kappa shape index (κ2) is 5.93. The number of methoxy groups -OCH3 is 1. The Hall–Kier alpha value is -1.06. The molecule has 0 amide bonds. The molecule has 2 aromatic rings. The van der Waals surface area contributed by atoms with Crippen LogP contribution in [0, 0.1) is 12.7 Å². The molecule has 1 unspecified atom stereocenters. The summed E-state index contributed by atoms with van der Waals surface area (Å²) in [5, 5.41) is 0.653. The molecule has 0 aliphatic carbocycles. The van der Waals surface area contributed by atoms with Gasteiger partial charge in [0.15, 0.2) is 0 Å². The summed E-state index contributed by atoms with van der Waals surface area (Å²) >= 11 is 9.63. The molecule has 2 aromatic carbocycles. The van der Waals surface area contributed by atoms with Crippen molar-refractivity contribution in [2.75, 3.05) is 7.11 Å². The van der Waals surface area contributed by atoms with Gasteiger partial charge < -0.3 is 4.74 Å². The lowest BCUT2D eigenvalue weighted by molar-refractivity contribution is 0.409. The molecule has 0 aliphatic rings. The van der Waals surface area contributed by atoms with E-state index in [0.29, 0.717) is 10.8 Å². The third kappa shape index (κ3) is 3.10. The van der Waals surface area contributed by atoms with E-state index in [4.69, 9.17) is 16.3 Å². The molecule has 0 N–H and O–H groups in total. The van der Waals surface area contributed by atoms with E-state index in [-0.39, 0.29) is 10.6 Å². The minimum atomic E-state index is -0.292. The maximum atomic E-state index is 13.4. The Balaban J connectivity index is 2.51. The van der Waals surface area contributed by atoms with E-state index >= 15 is 0 Å². The van der Waals surface area contributed by atoms with Crippen molar-refractivity contribution in [3.63, 3.8) is 0 Å². The van der Waals surface area contributed by atoms with Gasteiger partial charge in [-0.1, -0.05) is 33.6 Å². The second-order valence-corrected chi connectivity index (χ2v) is 5.60. The van der Waals surface area contributed by atoms with Gasteiger partial charge in [-0.2, -0.15) is 0 Å². The van der Waals surface area contributed by atoms with Gasteiger partial charge in [-0.15, -0.1) is 0 Å². The van der Waals surface area contributed by atoms with E-state index in [2.05, 4.69) is 15.9 Å². The van der Waals surface area contributed by atoms with Gasteiger partial charge in [0, 0.05) is 10.6 Å².